The molecule has 2 aliphatic carbocycles. The Morgan fingerprint density at radius 3 is 2.43 bits per heavy atom. The van der Waals surface area contributed by atoms with Crippen molar-refractivity contribution in [2.24, 2.45) is 0 Å². The van der Waals surface area contributed by atoms with Gasteiger partial charge in [0.1, 0.15) is 0 Å². The molecule has 0 N–H and O–H groups in total. The van der Waals surface area contributed by atoms with E-state index in [4.69, 9.17) is 0 Å². The van der Waals surface area contributed by atoms with E-state index in [-0.39, 0.29) is 0 Å². The second-order valence-corrected chi connectivity index (χ2v) is 6.66. The highest BCUT2D eigenvalue weighted by Crippen LogP contribution is 2.46. The SMILES string of the molecule is CC1=Cc2ccccc2C1c1cccc2c1Cc1ccccc1-2. The van der Waals surface area contributed by atoms with Crippen LogP contribution in [-0.4, -0.2) is 0 Å². The van der Waals surface area contributed by atoms with Crippen LogP contribution >= 0.6 is 0 Å². The fourth-order valence-corrected chi connectivity index (χ4v) is 4.34. The van der Waals surface area contributed by atoms with E-state index in [1.807, 2.05) is 0 Å². The third-order valence-corrected chi connectivity index (χ3v) is 5.34. The van der Waals surface area contributed by atoms with E-state index in [0.29, 0.717) is 5.92 Å². The summed E-state index contributed by atoms with van der Waals surface area (Å²) in [6.45, 7) is 2.27. The first-order chi connectivity index (χ1) is 11.3. The second-order valence-electron chi connectivity index (χ2n) is 6.66. The fourth-order valence-electron chi connectivity index (χ4n) is 4.34. The van der Waals surface area contributed by atoms with E-state index in [2.05, 4.69) is 79.7 Å². The first kappa shape index (κ1) is 12.9. The maximum atomic E-state index is 2.35. The molecule has 0 heterocycles. The summed E-state index contributed by atoms with van der Waals surface area (Å²) in [4.78, 5) is 0. The molecular formula is C23H18. The molecule has 0 amide bonds. The Morgan fingerprint density at radius 2 is 1.48 bits per heavy atom. The predicted molar refractivity (Wildman–Crippen MR) is 96.6 cm³/mol. The molecule has 0 aromatic heterocycles. The van der Waals surface area contributed by atoms with Crippen molar-refractivity contribution >= 4 is 6.08 Å². The van der Waals surface area contributed by atoms with Crippen molar-refractivity contribution in [1.29, 1.82) is 0 Å². The number of allylic oxidation sites excluding steroid dienone is 1. The highest BCUT2D eigenvalue weighted by molar-refractivity contribution is 5.80. The maximum absolute atomic E-state index is 2.35. The van der Waals surface area contributed by atoms with Gasteiger partial charge in [0, 0.05) is 5.92 Å². The lowest BCUT2D eigenvalue weighted by Gasteiger charge is -2.19. The fraction of sp³-hybridized carbons (Fsp3) is 0.130. The molecule has 0 spiro atoms. The lowest BCUT2D eigenvalue weighted by Crippen LogP contribution is -2.03. The summed E-state index contributed by atoms with van der Waals surface area (Å²) < 4.78 is 0. The molecule has 0 bridgehead atoms. The third kappa shape index (κ3) is 1.78. The van der Waals surface area contributed by atoms with Crippen molar-refractivity contribution < 1.29 is 0 Å². The molecule has 0 saturated carbocycles. The summed E-state index contributed by atoms with van der Waals surface area (Å²) >= 11 is 0. The molecule has 0 nitrogen and oxygen atoms in total. The number of hydrogen-bond donors (Lipinski definition) is 0. The van der Waals surface area contributed by atoms with Crippen LogP contribution in [0.3, 0.4) is 0 Å². The normalized spacial score (nSPS) is 17.4. The van der Waals surface area contributed by atoms with Gasteiger partial charge in [-0.05, 0) is 52.3 Å². The molecular weight excluding hydrogens is 276 g/mol. The average Bonchev–Trinajstić information content (AvgIpc) is 3.11. The van der Waals surface area contributed by atoms with Gasteiger partial charge in [-0.3, -0.25) is 0 Å². The first-order valence-corrected chi connectivity index (χ1v) is 8.30. The van der Waals surface area contributed by atoms with E-state index < -0.39 is 0 Å². The molecule has 2 aliphatic rings. The lowest BCUT2D eigenvalue weighted by atomic mass is 9.84. The van der Waals surface area contributed by atoms with Crippen molar-refractivity contribution in [2.75, 3.05) is 0 Å². The largest absolute Gasteiger partial charge is 0.0619 e. The summed E-state index contributed by atoms with van der Waals surface area (Å²) in [6, 6.07) is 24.5. The van der Waals surface area contributed by atoms with Gasteiger partial charge in [0.25, 0.3) is 0 Å². The van der Waals surface area contributed by atoms with E-state index >= 15 is 0 Å². The molecule has 23 heavy (non-hydrogen) atoms. The smallest absolute Gasteiger partial charge is 0.0308 e. The Bertz CT molecular complexity index is 959. The molecule has 1 atom stereocenters. The summed E-state index contributed by atoms with van der Waals surface area (Å²) in [5, 5.41) is 0. The minimum Gasteiger partial charge on any atom is -0.0619 e. The molecule has 0 aliphatic heterocycles. The molecule has 0 saturated heterocycles. The van der Waals surface area contributed by atoms with Crippen LogP contribution in [0.4, 0.5) is 0 Å². The molecule has 1 unspecified atom stereocenters. The highest BCUT2D eigenvalue weighted by atomic mass is 14.3. The number of rotatable bonds is 1. The van der Waals surface area contributed by atoms with Crippen molar-refractivity contribution in [2.45, 2.75) is 19.3 Å². The van der Waals surface area contributed by atoms with Crippen LogP contribution in [0.1, 0.15) is 40.7 Å². The average molecular weight is 294 g/mol. The molecule has 5 rings (SSSR count). The topological polar surface area (TPSA) is 0 Å². The number of benzene rings is 3. The number of fused-ring (bicyclic) bond motifs is 4. The van der Waals surface area contributed by atoms with Crippen molar-refractivity contribution in [3.8, 4) is 11.1 Å². The van der Waals surface area contributed by atoms with Crippen LogP contribution in [0.25, 0.3) is 17.2 Å². The van der Waals surface area contributed by atoms with Gasteiger partial charge in [-0.25, -0.2) is 0 Å². The quantitative estimate of drug-likeness (QED) is 0.416. The van der Waals surface area contributed by atoms with E-state index in [0.717, 1.165) is 6.42 Å². The second kappa shape index (κ2) is 4.70. The van der Waals surface area contributed by atoms with Crippen LogP contribution in [0, 0.1) is 0 Å². The van der Waals surface area contributed by atoms with Crippen LogP contribution in [0.2, 0.25) is 0 Å². The van der Waals surface area contributed by atoms with Crippen LogP contribution in [0.5, 0.6) is 0 Å². The minimum atomic E-state index is 0.412. The van der Waals surface area contributed by atoms with Gasteiger partial charge in [0.05, 0.1) is 0 Å². The molecule has 0 fully saturated rings. The summed E-state index contributed by atoms with van der Waals surface area (Å²) in [5.74, 6) is 0.412. The lowest BCUT2D eigenvalue weighted by molar-refractivity contribution is 0.954. The molecule has 0 heteroatoms. The monoisotopic (exact) mass is 294 g/mol. The highest BCUT2D eigenvalue weighted by Gasteiger charge is 2.29. The molecule has 3 aromatic carbocycles. The summed E-state index contributed by atoms with van der Waals surface area (Å²) in [6.07, 6.45) is 3.41. The Labute approximate surface area is 137 Å². The maximum Gasteiger partial charge on any atom is 0.0308 e. The standard InChI is InChI=1S/C23H18/c1-15-13-16-7-3-5-10-19(16)23(15)21-12-6-11-20-18-9-4-2-8-17(18)14-22(20)21/h2-13,23H,14H2,1H3. The Balaban J connectivity index is 1.72. The van der Waals surface area contributed by atoms with Crippen LogP contribution in [0.15, 0.2) is 72.3 Å². The predicted octanol–water partition coefficient (Wildman–Crippen LogP) is 5.81. The van der Waals surface area contributed by atoms with Crippen molar-refractivity contribution in [3.63, 3.8) is 0 Å². The van der Waals surface area contributed by atoms with Gasteiger partial charge < -0.3 is 0 Å². The van der Waals surface area contributed by atoms with Gasteiger partial charge in [0.2, 0.25) is 0 Å². The van der Waals surface area contributed by atoms with Gasteiger partial charge in [0.15, 0.2) is 0 Å². The summed E-state index contributed by atoms with van der Waals surface area (Å²) in [5.41, 5.74) is 11.6. The van der Waals surface area contributed by atoms with Gasteiger partial charge in [-0.15, -0.1) is 0 Å². The molecule has 3 aromatic rings. The minimum absolute atomic E-state index is 0.412. The van der Waals surface area contributed by atoms with Crippen molar-refractivity contribution in [1.82, 2.24) is 0 Å². The Kier molecular flexibility index (Phi) is 2.63. The zero-order chi connectivity index (χ0) is 15.4. The zero-order valence-electron chi connectivity index (χ0n) is 13.2. The Morgan fingerprint density at radius 1 is 0.739 bits per heavy atom. The van der Waals surface area contributed by atoms with Crippen LogP contribution < -0.4 is 0 Å². The Hall–Kier alpha value is -2.60. The van der Waals surface area contributed by atoms with E-state index in [1.165, 1.54) is 44.5 Å². The third-order valence-electron chi connectivity index (χ3n) is 5.34. The van der Waals surface area contributed by atoms with Gasteiger partial charge in [-0.1, -0.05) is 78.4 Å². The molecule has 110 valence electrons. The van der Waals surface area contributed by atoms with E-state index in [1.54, 1.807) is 0 Å². The summed E-state index contributed by atoms with van der Waals surface area (Å²) in [7, 11) is 0. The van der Waals surface area contributed by atoms with Gasteiger partial charge >= 0.3 is 0 Å². The zero-order valence-corrected chi connectivity index (χ0v) is 13.2. The number of hydrogen-bond acceptors (Lipinski definition) is 0. The van der Waals surface area contributed by atoms with E-state index in [9.17, 15) is 0 Å². The van der Waals surface area contributed by atoms with Gasteiger partial charge in [-0.2, -0.15) is 0 Å². The first-order valence-electron chi connectivity index (χ1n) is 8.30. The van der Waals surface area contributed by atoms with Crippen LogP contribution in [-0.2, 0) is 6.42 Å². The van der Waals surface area contributed by atoms with Crippen molar-refractivity contribution in [3.05, 3.63) is 100 Å². The molecule has 0 radical (unpaired) electrons.